The fourth-order valence-electron chi connectivity index (χ4n) is 3.42. The number of carbonyl (C=O) groups is 2. The molecule has 1 atom stereocenters. The van der Waals surface area contributed by atoms with Gasteiger partial charge in [-0.05, 0) is 77.4 Å². The molecule has 0 aliphatic heterocycles. The minimum absolute atomic E-state index is 0.202. The summed E-state index contributed by atoms with van der Waals surface area (Å²) in [6, 6.07) is 20.1. The highest BCUT2D eigenvalue weighted by molar-refractivity contribution is 14.1. The van der Waals surface area contributed by atoms with Crippen LogP contribution >= 0.6 is 38.5 Å². The van der Waals surface area contributed by atoms with Gasteiger partial charge in [-0.15, -0.1) is 0 Å². The van der Waals surface area contributed by atoms with Gasteiger partial charge in [-0.1, -0.05) is 58.4 Å². The number of alkyl carbamates (subject to hydrolysis) is 1. The molecular formula is C28H29BrIN3O5. The van der Waals surface area contributed by atoms with Crippen LogP contribution in [0.1, 0.15) is 30.5 Å². The molecule has 0 saturated carbocycles. The van der Waals surface area contributed by atoms with Crippen LogP contribution in [0.2, 0.25) is 0 Å². The molecule has 3 aromatic rings. The summed E-state index contributed by atoms with van der Waals surface area (Å²) in [5.41, 5.74) is 5.15. The van der Waals surface area contributed by atoms with E-state index in [1.165, 1.54) is 6.21 Å². The summed E-state index contributed by atoms with van der Waals surface area (Å²) >= 11 is 5.62. The van der Waals surface area contributed by atoms with Crippen molar-refractivity contribution in [2.45, 2.75) is 32.9 Å². The van der Waals surface area contributed by atoms with Gasteiger partial charge in [-0.3, -0.25) is 4.79 Å². The molecule has 38 heavy (non-hydrogen) atoms. The van der Waals surface area contributed by atoms with Crippen molar-refractivity contribution in [1.82, 2.24) is 10.7 Å². The van der Waals surface area contributed by atoms with Crippen molar-refractivity contribution < 1.29 is 23.8 Å². The van der Waals surface area contributed by atoms with Crippen molar-refractivity contribution in [3.8, 4) is 11.5 Å². The Labute approximate surface area is 244 Å². The summed E-state index contributed by atoms with van der Waals surface area (Å²) in [4.78, 5) is 24.9. The maximum absolute atomic E-state index is 12.9. The largest absolute Gasteiger partial charge is 0.490 e. The number of nitrogens with zero attached hydrogens (tertiary/aromatic N) is 1. The van der Waals surface area contributed by atoms with Gasteiger partial charge in [0.05, 0.1) is 23.0 Å². The van der Waals surface area contributed by atoms with Crippen LogP contribution in [-0.2, 0) is 22.6 Å². The fraction of sp³-hybridized carbons (Fsp3) is 0.250. The third-order valence-corrected chi connectivity index (χ3v) is 6.51. The Bertz CT molecular complexity index is 1240. The smallest absolute Gasteiger partial charge is 0.407 e. The zero-order chi connectivity index (χ0) is 27.3. The average molecular weight is 694 g/mol. The number of carbonyl (C=O) groups excluding carboxylic acids is 2. The fourth-order valence-corrected chi connectivity index (χ4v) is 4.47. The highest BCUT2D eigenvalue weighted by Gasteiger charge is 2.21. The molecule has 0 radical (unpaired) electrons. The molecule has 2 N–H and O–H groups in total. The van der Waals surface area contributed by atoms with Crippen LogP contribution in [0, 0.1) is 3.57 Å². The normalized spacial score (nSPS) is 11.6. The molecule has 0 saturated heterocycles. The Morgan fingerprint density at radius 1 is 1.00 bits per heavy atom. The van der Waals surface area contributed by atoms with Crippen molar-refractivity contribution >= 4 is 56.7 Å². The van der Waals surface area contributed by atoms with Crippen LogP contribution in [0.4, 0.5) is 4.79 Å². The molecule has 200 valence electrons. The number of rotatable bonds is 12. The molecule has 0 aliphatic carbocycles. The van der Waals surface area contributed by atoms with Gasteiger partial charge in [0, 0.05) is 10.9 Å². The van der Waals surface area contributed by atoms with E-state index in [9.17, 15) is 9.59 Å². The van der Waals surface area contributed by atoms with Gasteiger partial charge >= 0.3 is 6.09 Å². The maximum Gasteiger partial charge on any atom is 0.407 e. The van der Waals surface area contributed by atoms with Crippen LogP contribution in [0.3, 0.4) is 0 Å². The summed E-state index contributed by atoms with van der Waals surface area (Å²) in [6.07, 6.45) is 1.14. The first-order valence-electron chi connectivity index (χ1n) is 12.0. The van der Waals surface area contributed by atoms with Crippen molar-refractivity contribution in [1.29, 1.82) is 0 Å². The Kier molecular flexibility index (Phi) is 11.9. The van der Waals surface area contributed by atoms with Gasteiger partial charge in [-0.25, -0.2) is 10.2 Å². The van der Waals surface area contributed by atoms with E-state index in [4.69, 9.17) is 14.2 Å². The van der Waals surface area contributed by atoms with E-state index >= 15 is 0 Å². The van der Waals surface area contributed by atoms with Crippen molar-refractivity contribution in [3.05, 3.63) is 91.5 Å². The molecule has 3 aromatic carbocycles. The predicted molar refractivity (Wildman–Crippen MR) is 159 cm³/mol. The molecule has 0 spiro atoms. The standard InChI is InChI=1S/C28H29BrIN3O5/c1-3-36-25-16-21(14-23(30)26(25)38-18-20-10-12-22(29)13-11-20)17-31-33-27(34)24(32-28(35)37-4-2)15-19-8-6-5-7-9-19/h5-14,16-17,24H,3-4,15,18H2,1-2H3,(H,32,35)(H,33,34)/b31-17-/t24-/m0/s1. The number of hydrazone groups is 1. The van der Waals surface area contributed by atoms with E-state index in [0.717, 1.165) is 19.2 Å². The second-order valence-electron chi connectivity index (χ2n) is 8.02. The number of amides is 2. The van der Waals surface area contributed by atoms with E-state index in [2.05, 4.69) is 54.4 Å². The lowest BCUT2D eigenvalue weighted by Gasteiger charge is -2.17. The highest BCUT2D eigenvalue weighted by Crippen LogP contribution is 2.34. The van der Waals surface area contributed by atoms with Crippen LogP contribution in [0.15, 0.2) is 76.3 Å². The van der Waals surface area contributed by atoms with Crippen LogP contribution in [-0.4, -0.2) is 37.5 Å². The van der Waals surface area contributed by atoms with Crippen LogP contribution < -0.4 is 20.2 Å². The van der Waals surface area contributed by atoms with Crippen LogP contribution in [0.5, 0.6) is 11.5 Å². The molecule has 3 rings (SSSR count). The quantitative estimate of drug-likeness (QED) is 0.141. The molecular weight excluding hydrogens is 665 g/mol. The van der Waals surface area contributed by atoms with Gasteiger partial charge in [0.1, 0.15) is 12.6 Å². The van der Waals surface area contributed by atoms with Gasteiger partial charge in [0.2, 0.25) is 0 Å². The zero-order valence-electron chi connectivity index (χ0n) is 21.1. The maximum atomic E-state index is 12.9. The Balaban J connectivity index is 1.70. The predicted octanol–water partition coefficient (Wildman–Crippen LogP) is 5.84. The molecule has 0 heterocycles. The number of hydrogen-bond donors (Lipinski definition) is 2. The van der Waals surface area contributed by atoms with Crippen LogP contribution in [0.25, 0.3) is 0 Å². The van der Waals surface area contributed by atoms with E-state index in [0.29, 0.717) is 30.3 Å². The van der Waals surface area contributed by atoms with Gasteiger partial charge < -0.3 is 19.5 Å². The third kappa shape index (κ3) is 9.32. The summed E-state index contributed by atoms with van der Waals surface area (Å²) in [5, 5.41) is 6.71. The van der Waals surface area contributed by atoms with Gasteiger partial charge in [-0.2, -0.15) is 5.10 Å². The van der Waals surface area contributed by atoms with Crippen molar-refractivity contribution in [3.63, 3.8) is 0 Å². The summed E-state index contributed by atoms with van der Waals surface area (Å²) in [7, 11) is 0. The Morgan fingerprint density at radius 3 is 2.42 bits per heavy atom. The highest BCUT2D eigenvalue weighted by atomic mass is 127. The van der Waals surface area contributed by atoms with E-state index in [1.807, 2.05) is 67.6 Å². The minimum atomic E-state index is -0.859. The monoisotopic (exact) mass is 693 g/mol. The number of benzene rings is 3. The SMILES string of the molecule is CCOC(=O)N[C@@H](Cc1ccccc1)C(=O)N/N=C\c1cc(I)c(OCc2ccc(Br)cc2)c(OCC)c1. The first-order valence-corrected chi connectivity index (χ1v) is 13.9. The zero-order valence-corrected chi connectivity index (χ0v) is 24.8. The van der Waals surface area contributed by atoms with Crippen molar-refractivity contribution in [2.75, 3.05) is 13.2 Å². The molecule has 10 heteroatoms. The Morgan fingerprint density at radius 2 is 1.74 bits per heavy atom. The Hall–Kier alpha value is -3.12. The second-order valence-corrected chi connectivity index (χ2v) is 10.1. The molecule has 0 fully saturated rings. The van der Waals surface area contributed by atoms with Gasteiger partial charge in [0.25, 0.3) is 5.91 Å². The van der Waals surface area contributed by atoms with E-state index < -0.39 is 18.0 Å². The molecule has 0 aliphatic rings. The van der Waals surface area contributed by atoms with E-state index in [-0.39, 0.29) is 13.0 Å². The second kappa shape index (κ2) is 15.3. The number of ether oxygens (including phenoxy) is 3. The summed E-state index contributed by atoms with van der Waals surface area (Å²) in [6.45, 7) is 4.65. The lowest BCUT2D eigenvalue weighted by atomic mass is 10.1. The average Bonchev–Trinajstić information content (AvgIpc) is 2.90. The topological polar surface area (TPSA) is 98.2 Å². The lowest BCUT2D eigenvalue weighted by Crippen LogP contribution is -2.47. The van der Waals surface area contributed by atoms with Gasteiger partial charge in [0.15, 0.2) is 11.5 Å². The number of halogens is 2. The summed E-state index contributed by atoms with van der Waals surface area (Å²) in [5.74, 6) is 0.751. The molecule has 2 amide bonds. The lowest BCUT2D eigenvalue weighted by molar-refractivity contribution is -0.123. The van der Waals surface area contributed by atoms with E-state index in [1.54, 1.807) is 13.0 Å². The number of hydrogen-bond acceptors (Lipinski definition) is 6. The summed E-state index contributed by atoms with van der Waals surface area (Å²) < 4.78 is 18.7. The van der Waals surface area contributed by atoms with Crippen molar-refractivity contribution in [2.24, 2.45) is 5.10 Å². The molecule has 0 unspecified atom stereocenters. The molecule has 8 nitrogen and oxygen atoms in total. The number of nitrogens with one attached hydrogen (secondary N) is 2. The first-order chi connectivity index (χ1) is 18.4. The third-order valence-electron chi connectivity index (χ3n) is 5.18. The molecule has 0 aromatic heterocycles. The first kappa shape index (κ1) is 29.4. The minimum Gasteiger partial charge on any atom is -0.490 e. The molecule has 0 bridgehead atoms.